The van der Waals surface area contributed by atoms with E-state index in [1.54, 1.807) is 0 Å². The molecule has 12 unspecified atom stereocenters. The van der Waals surface area contributed by atoms with Crippen LogP contribution in [-0.4, -0.2) is 29.0 Å². The molecule has 124 heavy (non-hydrogen) atoms. The molecule has 0 saturated heterocycles. The van der Waals surface area contributed by atoms with Crippen LogP contribution in [0.25, 0.3) is 0 Å². The van der Waals surface area contributed by atoms with Crippen molar-refractivity contribution in [3.63, 3.8) is 0 Å². The SMILES string of the molecule is O=C([O-])C12c3ccccc3C3c4ccccc4C31c1ccccc12.O=C([O-])C1C(C(=O)O)C23c4ccccc4C2c2ccccc2C13.O=C([O-])C1CC23c4ccccc4C2c2ccccc2C13.c1ccc([S+](c2ccccc2)c2ccccc2)cc1.c1ccc([S+](c2ccccc2)c2ccccc2)cc1.c1ccc([S+](c2ccccc2)c2ccccc2)cc1. The van der Waals surface area contributed by atoms with E-state index in [-0.39, 0.29) is 67.7 Å². The number of aliphatic carboxylic acids is 4. The second kappa shape index (κ2) is 32.7. The van der Waals surface area contributed by atoms with Crippen molar-refractivity contribution in [2.24, 2.45) is 17.8 Å². The van der Waals surface area contributed by atoms with Crippen molar-refractivity contribution in [2.75, 3.05) is 0 Å². The highest BCUT2D eigenvalue weighted by atomic mass is 32.2. The maximum absolute atomic E-state index is 12.6. The molecule has 2 fully saturated rings. The fraction of sp³-hybridized carbons (Fsp3) is 0.115. The van der Waals surface area contributed by atoms with E-state index < -0.39 is 52.0 Å². The molecule has 3 spiro atoms. The lowest BCUT2D eigenvalue weighted by Gasteiger charge is -2.65. The summed E-state index contributed by atoms with van der Waals surface area (Å²) in [5.41, 5.74) is 13.9. The van der Waals surface area contributed by atoms with Crippen molar-refractivity contribution in [3.8, 4) is 0 Å². The van der Waals surface area contributed by atoms with Gasteiger partial charge in [-0.3, -0.25) is 4.79 Å². The summed E-state index contributed by atoms with van der Waals surface area (Å²) in [4.78, 5) is 59.8. The summed E-state index contributed by atoms with van der Waals surface area (Å²) in [6.07, 6.45) is 0.733. The minimum absolute atomic E-state index is 0.0146. The molecule has 11 heteroatoms. The standard InChI is InChI=1S/C22H14O2.C19H14O4.C18H14O2.3C18H15S/c23-20(24)22-16-10-4-2-8-14(16)19-13-7-1-3-9-15(13)21(19,22)17-11-5-6-12-18(17)22;20-17(21)13-15-10-6-2-1-5-9(10)14-11-7-3-4-8-12(11)19(14,15)16(13)18(22)23;19-17(20)13-9-18-14-8-4-3-7-12(14)15(18)10-5-1-2-6-11(10)16(13)18;3*1-4-10-16(11-5-1)19(17-12-6-2-7-13-17)18-14-8-3-9-15-18/h1-12,19H,(H,23,24);1-8,13-16H,(H,20,21)(H,22,23);1-8,13,15-16H,9H2,(H,19,20);3*1-15H/q;;;3*+1/p-3. The number of carboxylic acids is 4. The predicted octanol–water partition coefficient (Wildman–Crippen LogP) is 20.0. The van der Waals surface area contributed by atoms with E-state index in [2.05, 4.69) is 340 Å². The van der Waals surface area contributed by atoms with Crippen LogP contribution in [0.5, 0.6) is 0 Å². The van der Waals surface area contributed by atoms with Crippen LogP contribution in [0, 0.1) is 17.8 Å². The first-order valence-electron chi connectivity index (χ1n) is 42.1. The Hall–Kier alpha value is -13.6. The van der Waals surface area contributed by atoms with Crippen molar-refractivity contribution in [1.82, 2.24) is 0 Å². The quantitative estimate of drug-likeness (QED) is 0.112. The minimum Gasteiger partial charge on any atom is -0.550 e. The first-order valence-corrected chi connectivity index (χ1v) is 45.8. The Morgan fingerprint density at radius 1 is 0.258 bits per heavy atom. The molecule has 9 aliphatic carbocycles. The van der Waals surface area contributed by atoms with Crippen molar-refractivity contribution >= 4 is 56.6 Å². The molecule has 0 bridgehead atoms. The molecule has 25 rings (SSSR count). The van der Waals surface area contributed by atoms with Crippen LogP contribution in [0.4, 0.5) is 0 Å². The molecule has 0 heterocycles. The molecule has 9 aliphatic rings. The monoisotopic (exact) mass is 1660 g/mol. The summed E-state index contributed by atoms with van der Waals surface area (Å²) >= 11 is 0. The largest absolute Gasteiger partial charge is 0.550 e. The predicted molar refractivity (Wildman–Crippen MR) is 483 cm³/mol. The lowest BCUT2D eigenvalue weighted by molar-refractivity contribution is -0.321. The molecule has 0 aliphatic heterocycles. The van der Waals surface area contributed by atoms with Crippen molar-refractivity contribution in [1.29, 1.82) is 0 Å². The third-order valence-corrected chi connectivity index (χ3v) is 33.9. The average Bonchev–Trinajstić information content (AvgIpc) is 1.41. The van der Waals surface area contributed by atoms with Crippen molar-refractivity contribution in [3.05, 3.63) is 521 Å². The fourth-order valence-corrected chi connectivity index (χ4v) is 29.1. The van der Waals surface area contributed by atoms with E-state index in [4.69, 9.17) is 0 Å². The second-order valence-corrected chi connectivity index (χ2v) is 38.8. The van der Waals surface area contributed by atoms with E-state index >= 15 is 0 Å². The molecular formula is C113H84O8S3. The summed E-state index contributed by atoms with van der Waals surface area (Å²) in [5.74, 6) is -6.08. The normalized spacial score (nSPS) is 22.8. The van der Waals surface area contributed by atoms with Crippen LogP contribution in [0.3, 0.4) is 0 Å². The first-order chi connectivity index (χ1) is 60.9. The molecule has 16 aromatic carbocycles. The van der Waals surface area contributed by atoms with Crippen LogP contribution in [0.15, 0.2) is 487 Å². The van der Waals surface area contributed by atoms with Gasteiger partial charge in [-0.1, -0.05) is 334 Å². The topological polar surface area (TPSA) is 158 Å². The zero-order chi connectivity index (χ0) is 84.3. The van der Waals surface area contributed by atoms with Crippen LogP contribution in [-0.2, 0) is 73.5 Å². The Balaban J connectivity index is 0.0000000945. The van der Waals surface area contributed by atoms with E-state index in [1.165, 1.54) is 71.9 Å². The molecule has 0 radical (unpaired) electrons. The molecule has 8 nitrogen and oxygen atoms in total. The Morgan fingerprint density at radius 2 is 0.524 bits per heavy atom. The smallest absolute Gasteiger partial charge is 0.308 e. The summed E-state index contributed by atoms with van der Waals surface area (Å²) in [7, 11) is -0.0439. The molecule has 2 saturated carbocycles. The molecule has 0 amide bonds. The highest BCUT2D eigenvalue weighted by Crippen LogP contribution is 2.81. The first kappa shape index (κ1) is 79.0. The van der Waals surface area contributed by atoms with Gasteiger partial charge in [0, 0.05) is 64.2 Å². The lowest BCUT2D eigenvalue weighted by Crippen LogP contribution is -2.69. The Kier molecular flexibility index (Phi) is 20.8. The number of hydrogen-bond acceptors (Lipinski definition) is 7. The van der Waals surface area contributed by atoms with E-state index in [9.17, 15) is 39.6 Å². The maximum Gasteiger partial charge on any atom is 0.308 e. The van der Waals surface area contributed by atoms with Gasteiger partial charge in [-0.25, -0.2) is 0 Å². The van der Waals surface area contributed by atoms with Gasteiger partial charge in [0.05, 0.1) is 55.4 Å². The number of carboxylic acid groups (broad SMARTS) is 4. The van der Waals surface area contributed by atoms with E-state index in [1.807, 2.05) is 103 Å². The van der Waals surface area contributed by atoms with Gasteiger partial charge in [0.1, 0.15) is 0 Å². The Morgan fingerprint density at radius 3 is 0.871 bits per heavy atom. The van der Waals surface area contributed by atoms with Crippen LogP contribution < -0.4 is 15.3 Å². The Labute approximate surface area is 731 Å². The minimum atomic E-state index is -1.26. The lowest BCUT2D eigenvalue weighted by atomic mass is 9.36. The third-order valence-electron chi connectivity index (χ3n) is 27.2. The van der Waals surface area contributed by atoms with Crippen LogP contribution in [0.1, 0.15) is 114 Å². The summed E-state index contributed by atoms with van der Waals surface area (Å²) < 4.78 is 0. The number of fused-ring (bicyclic) bond motifs is 17. The summed E-state index contributed by atoms with van der Waals surface area (Å²) in [6.45, 7) is 0. The molecule has 16 aromatic rings. The second-order valence-electron chi connectivity index (χ2n) is 32.8. The van der Waals surface area contributed by atoms with Crippen LogP contribution >= 0.6 is 0 Å². The van der Waals surface area contributed by atoms with Gasteiger partial charge in [-0.05, 0) is 194 Å². The molecule has 0 aromatic heterocycles. The van der Waals surface area contributed by atoms with Crippen LogP contribution in [0.2, 0.25) is 0 Å². The van der Waals surface area contributed by atoms with Gasteiger partial charge in [0.2, 0.25) is 0 Å². The highest BCUT2D eigenvalue weighted by Gasteiger charge is 2.79. The summed E-state index contributed by atoms with van der Waals surface area (Å²) in [6, 6.07) is 153. The Bertz CT molecular complexity index is 6080. The maximum atomic E-state index is 12.6. The number of carbonyl (C=O) groups excluding carboxylic acids is 3. The fourth-order valence-electron chi connectivity index (χ4n) is 22.8. The van der Waals surface area contributed by atoms with Gasteiger partial charge in [0.15, 0.2) is 44.1 Å². The number of hydrogen-bond donors (Lipinski definition) is 1. The van der Waals surface area contributed by atoms with Gasteiger partial charge in [0.25, 0.3) is 0 Å². The zero-order valence-electron chi connectivity index (χ0n) is 67.5. The summed E-state index contributed by atoms with van der Waals surface area (Å²) in [5, 5.41) is 45.4. The molecule has 602 valence electrons. The van der Waals surface area contributed by atoms with Gasteiger partial charge >= 0.3 is 5.97 Å². The molecule has 1 N–H and O–H groups in total. The van der Waals surface area contributed by atoms with E-state index in [0.717, 1.165) is 56.5 Å². The van der Waals surface area contributed by atoms with Gasteiger partial charge in [-0.15, -0.1) is 0 Å². The average molecular weight is 1670 g/mol. The van der Waals surface area contributed by atoms with Gasteiger partial charge in [-0.2, -0.15) is 0 Å². The molecular weight excluding hydrogens is 1580 g/mol. The third kappa shape index (κ3) is 12.3. The number of rotatable bonds is 13. The highest BCUT2D eigenvalue weighted by molar-refractivity contribution is 7.97. The van der Waals surface area contributed by atoms with E-state index in [0.29, 0.717) is 5.92 Å². The zero-order valence-corrected chi connectivity index (χ0v) is 70.0. The van der Waals surface area contributed by atoms with Crippen molar-refractivity contribution in [2.45, 2.75) is 102 Å². The number of benzene rings is 16. The van der Waals surface area contributed by atoms with Gasteiger partial charge < -0.3 is 34.8 Å². The molecule has 12 atom stereocenters. The van der Waals surface area contributed by atoms with Crippen molar-refractivity contribution < 1.29 is 39.6 Å². The number of carbonyl (C=O) groups is 4.